The minimum absolute atomic E-state index is 0.0644. The summed E-state index contributed by atoms with van der Waals surface area (Å²) >= 11 is 1.56. The molecule has 1 amide bonds. The minimum atomic E-state index is -4.61. The molecular formula is C35H46F3N3OS. The Morgan fingerprint density at radius 3 is 2.30 bits per heavy atom. The van der Waals surface area contributed by atoms with Crippen LogP contribution in [0, 0.1) is 5.92 Å². The molecule has 0 aliphatic heterocycles. The van der Waals surface area contributed by atoms with E-state index in [0.717, 1.165) is 46.9 Å². The van der Waals surface area contributed by atoms with Gasteiger partial charge in [-0.2, -0.15) is 13.2 Å². The van der Waals surface area contributed by atoms with Gasteiger partial charge in [-0.25, -0.2) is 0 Å². The lowest BCUT2D eigenvalue weighted by molar-refractivity contribution is -0.112. The number of benzene rings is 2. The number of anilines is 2. The first-order valence-electron chi connectivity index (χ1n) is 15.0. The van der Waals surface area contributed by atoms with Crippen molar-refractivity contribution in [2.75, 3.05) is 10.6 Å². The SMILES string of the molecule is C=C(S/C=C\C)C(CCC)c1cccc(NC(=O)/C(=C/C(=C/CC)C(F)(F)F)Nc2cccc(CN)c2)c1.CCC1CC1. The Morgan fingerprint density at radius 2 is 1.77 bits per heavy atom. The second kappa shape index (κ2) is 18.4. The first-order valence-corrected chi connectivity index (χ1v) is 15.9. The third-order valence-electron chi connectivity index (χ3n) is 6.88. The maximum Gasteiger partial charge on any atom is 0.416 e. The molecular weight excluding hydrogens is 567 g/mol. The zero-order valence-electron chi connectivity index (χ0n) is 25.8. The third kappa shape index (κ3) is 12.9. The fraction of sp³-hybridized carbons (Fsp3) is 0.400. The van der Waals surface area contributed by atoms with E-state index in [9.17, 15) is 18.0 Å². The van der Waals surface area contributed by atoms with E-state index in [4.69, 9.17) is 5.73 Å². The van der Waals surface area contributed by atoms with Crippen molar-refractivity contribution in [3.63, 3.8) is 0 Å². The summed E-state index contributed by atoms with van der Waals surface area (Å²) in [6.07, 6.45) is 5.65. The Morgan fingerprint density at radius 1 is 1.09 bits per heavy atom. The number of nitrogens with one attached hydrogen (secondary N) is 2. The van der Waals surface area contributed by atoms with Crippen LogP contribution in [-0.4, -0.2) is 12.1 Å². The Balaban J connectivity index is 0.00000116. The first kappa shape index (κ1) is 36.0. The lowest BCUT2D eigenvalue weighted by atomic mass is 9.94. The Bertz CT molecular complexity index is 1280. The maximum atomic E-state index is 13.7. The molecule has 0 heterocycles. The molecule has 0 aromatic heterocycles. The molecule has 2 aromatic carbocycles. The van der Waals surface area contributed by atoms with Gasteiger partial charge in [0, 0.05) is 23.8 Å². The van der Waals surface area contributed by atoms with Crippen molar-refractivity contribution >= 4 is 29.0 Å². The predicted molar refractivity (Wildman–Crippen MR) is 178 cm³/mol. The molecule has 234 valence electrons. The number of halogens is 3. The third-order valence-corrected chi connectivity index (χ3v) is 7.88. The van der Waals surface area contributed by atoms with Crippen molar-refractivity contribution in [1.82, 2.24) is 0 Å². The Kier molecular flexibility index (Phi) is 15.4. The lowest BCUT2D eigenvalue weighted by Crippen LogP contribution is -2.22. The van der Waals surface area contributed by atoms with Crippen molar-refractivity contribution in [3.05, 3.63) is 106 Å². The summed E-state index contributed by atoms with van der Waals surface area (Å²) in [5.74, 6) is 0.505. The molecule has 1 unspecified atom stereocenters. The molecule has 1 aliphatic carbocycles. The maximum absolute atomic E-state index is 13.7. The van der Waals surface area contributed by atoms with Gasteiger partial charge in [0.2, 0.25) is 0 Å². The summed E-state index contributed by atoms with van der Waals surface area (Å²) in [7, 11) is 0. The van der Waals surface area contributed by atoms with Crippen LogP contribution in [0.4, 0.5) is 24.5 Å². The van der Waals surface area contributed by atoms with Crippen LogP contribution in [0.15, 0.2) is 94.9 Å². The molecule has 3 rings (SSSR count). The second-order valence-electron chi connectivity index (χ2n) is 10.5. The highest BCUT2D eigenvalue weighted by atomic mass is 32.2. The van der Waals surface area contributed by atoms with Gasteiger partial charge < -0.3 is 16.4 Å². The van der Waals surface area contributed by atoms with E-state index >= 15 is 0 Å². The van der Waals surface area contributed by atoms with Gasteiger partial charge in [0.25, 0.3) is 5.91 Å². The zero-order valence-corrected chi connectivity index (χ0v) is 26.6. The standard InChI is InChI=1S/C30H36F3N3OS.C5H10/c1-5-10-24(30(31,32)33)19-28(35-25-14-8-12-22(17-25)20-34)29(37)36-26-15-9-13-23(18-26)27(11-6-2)21(4)38-16-7-3;1-2-5-3-4-5/h7-10,12-19,27,35H,4-6,11,20,34H2,1-3H3,(H,36,37);5H,2-4H2,1H3/b16-7-,24-10-,28-19-;. The van der Waals surface area contributed by atoms with Crippen molar-refractivity contribution in [3.8, 4) is 0 Å². The number of amides is 1. The Hall–Kier alpha value is -3.23. The number of carbonyl (C=O) groups is 1. The molecule has 1 atom stereocenters. The highest BCUT2D eigenvalue weighted by molar-refractivity contribution is 8.05. The quantitative estimate of drug-likeness (QED) is 0.146. The molecule has 0 bridgehead atoms. The van der Waals surface area contributed by atoms with E-state index in [0.29, 0.717) is 11.4 Å². The smallest absolute Gasteiger partial charge is 0.351 e. The molecule has 43 heavy (non-hydrogen) atoms. The summed E-state index contributed by atoms with van der Waals surface area (Å²) in [4.78, 5) is 14.3. The van der Waals surface area contributed by atoms with Crippen molar-refractivity contribution < 1.29 is 18.0 Å². The molecule has 1 fully saturated rings. The van der Waals surface area contributed by atoms with Gasteiger partial charge in [-0.15, -0.1) is 11.8 Å². The molecule has 4 N–H and O–H groups in total. The topological polar surface area (TPSA) is 67.2 Å². The Labute approximate surface area is 259 Å². The van der Waals surface area contributed by atoms with E-state index in [1.807, 2.05) is 36.6 Å². The van der Waals surface area contributed by atoms with Crippen LogP contribution in [0.3, 0.4) is 0 Å². The van der Waals surface area contributed by atoms with E-state index in [-0.39, 0.29) is 24.6 Å². The molecule has 2 aromatic rings. The van der Waals surface area contributed by atoms with Crippen LogP contribution in [0.2, 0.25) is 0 Å². The number of hydrogen-bond acceptors (Lipinski definition) is 4. The summed E-state index contributed by atoms with van der Waals surface area (Å²) in [5, 5.41) is 7.60. The molecule has 0 radical (unpaired) electrons. The number of carbonyl (C=O) groups excluding carboxylic acids is 1. The number of allylic oxidation sites excluding steroid dienone is 5. The number of alkyl halides is 3. The summed E-state index contributed by atoms with van der Waals surface area (Å²) in [6, 6.07) is 14.2. The van der Waals surface area contributed by atoms with Crippen molar-refractivity contribution in [2.24, 2.45) is 11.7 Å². The van der Waals surface area contributed by atoms with Crippen molar-refractivity contribution in [2.45, 2.75) is 84.9 Å². The highest BCUT2D eigenvalue weighted by Crippen LogP contribution is 2.36. The highest BCUT2D eigenvalue weighted by Gasteiger charge is 2.32. The van der Waals surface area contributed by atoms with E-state index < -0.39 is 17.7 Å². The van der Waals surface area contributed by atoms with Crippen molar-refractivity contribution in [1.29, 1.82) is 0 Å². The van der Waals surface area contributed by atoms with E-state index in [1.54, 1.807) is 49.0 Å². The first-order chi connectivity index (χ1) is 20.6. The average molecular weight is 614 g/mol. The zero-order chi connectivity index (χ0) is 31.8. The molecule has 0 saturated heterocycles. The molecule has 1 aliphatic rings. The number of nitrogens with two attached hydrogens (primary N) is 1. The summed E-state index contributed by atoms with van der Waals surface area (Å²) in [5.41, 5.74) is 7.26. The lowest BCUT2D eigenvalue weighted by Gasteiger charge is -2.19. The largest absolute Gasteiger partial charge is 0.416 e. The minimum Gasteiger partial charge on any atom is -0.351 e. The number of hydrogen-bond donors (Lipinski definition) is 3. The number of rotatable bonds is 14. The van der Waals surface area contributed by atoms with Gasteiger partial charge in [0.15, 0.2) is 0 Å². The van der Waals surface area contributed by atoms with Gasteiger partial charge in [0.05, 0.1) is 5.57 Å². The predicted octanol–water partition coefficient (Wildman–Crippen LogP) is 10.4. The summed E-state index contributed by atoms with van der Waals surface area (Å²) < 4.78 is 41.1. The van der Waals surface area contributed by atoms with Gasteiger partial charge in [-0.3, -0.25) is 4.79 Å². The molecule has 0 spiro atoms. The normalized spacial score (nSPS) is 14.6. The van der Waals surface area contributed by atoms with Crippen LogP contribution >= 0.6 is 11.8 Å². The van der Waals surface area contributed by atoms with Gasteiger partial charge >= 0.3 is 6.18 Å². The fourth-order valence-electron chi connectivity index (χ4n) is 4.32. The van der Waals surface area contributed by atoms with Crippen LogP contribution < -0.4 is 16.4 Å². The fourth-order valence-corrected chi connectivity index (χ4v) is 5.05. The number of thioether (sulfide) groups is 1. The molecule has 8 heteroatoms. The van der Waals surface area contributed by atoms with E-state index in [1.165, 1.54) is 19.3 Å². The van der Waals surface area contributed by atoms with Crippen LogP contribution in [0.25, 0.3) is 0 Å². The van der Waals surface area contributed by atoms with Crippen LogP contribution in [0.1, 0.15) is 83.3 Å². The van der Waals surface area contributed by atoms with Gasteiger partial charge in [0.1, 0.15) is 5.70 Å². The van der Waals surface area contributed by atoms with E-state index in [2.05, 4.69) is 31.1 Å². The molecule has 1 saturated carbocycles. The summed E-state index contributed by atoms with van der Waals surface area (Å²) in [6.45, 7) is 12.4. The van der Waals surface area contributed by atoms with Crippen LogP contribution in [0.5, 0.6) is 0 Å². The molecule has 4 nitrogen and oxygen atoms in total. The van der Waals surface area contributed by atoms with Gasteiger partial charge in [-0.1, -0.05) is 89.5 Å². The van der Waals surface area contributed by atoms with Gasteiger partial charge in [-0.05, 0) is 77.5 Å². The van der Waals surface area contributed by atoms with Crippen LogP contribution in [-0.2, 0) is 11.3 Å². The monoisotopic (exact) mass is 613 g/mol. The average Bonchev–Trinajstić information content (AvgIpc) is 3.83. The second-order valence-corrected chi connectivity index (χ2v) is 11.5.